The van der Waals surface area contributed by atoms with Crippen molar-refractivity contribution in [3.8, 4) is 0 Å². The molecule has 1 heterocycles. The van der Waals surface area contributed by atoms with Gasteiger partial charge in [0.05, 0.1) is 17.7 Å². The summed E-state index contributed by atoms with van der Waals surface area (Å²) < 4.78 is 1.56. The summed E-state index contributed by atoms with van der Waals surface area (Å²) in [7, 11) is 1.76. The van der Waals surface area contributed by atoms with Gasteiger partial charge in [0.1, 0.15) is 0 Å². The molecule has 0 spiro atoms. The predicted octanol–water partition coefficient (Wildman–Crippen LogP) is -0.336. The van der Waals surface area contributed by atoms with Crippen molar-refractivity contribution in [1.29, 1.82) is 0 Å². The van der Waals surface area contributed by atoms with E-state index in [0.29, 0.717) is 5.69 Å². The van der Waals surface area contributed by atoms with Crippen molar-refractivity contribution in [3.05, 3.63) is 11.9 Å². The molecule has 0 aliphatic rings. The molecule has 0 aliphatic carbocycles. The topological polar surface area (TPSA) is 73.8 Å². The van der Waals surface area contributed by atoms with Gasteiger partial charge >= 0.3 is 0 Å². The third-order valence-corrected chi connectivity index (χ3v) is 1.71. The third kappa shape index (κ3) is 2.62. The lowest BCUT2D eigenvalue weighted by Crippen LogP contribution is -2.42. The smallest absolute Gasteiger partial charge is 0.158 e. The van der Waals surface area contributed by atoms with E-state index in [1.807, 2.05) is 0 Å². The second kappa shape index (κ2) is 3.26. The van der Waals surface area contributed by atoms with E-state index >= 15 is 0 Å². The van der Waals surface area contributed by atoms with Crippen LogP contribution in [0.2, 0.25) is 0 Å². The average molecular weight is 182 g/mol. The Morgan fingerprint density at radius 3 is 2.69 bits per heavy atom. The normalized spacial score (nSPS) is 11.7. The Kier molecular flexibility index (Phi) is 2.47. The van der Waals surface area contributed by atoms with Crippen LogP contribution >= 0.6 is 0 Å². The molecule has 72 valence electrons. The highest BCUT2D eigenvalue weighted by molar-refractivity contribution is 5.88. The number of ketones is 1. The number of carbonyl (C=O) groups is 1. The quantitative estimate of drug-likeness (QED) is 0.694. The maximum atomic E-state index is 11.4. The van der Waals surface area contributed by atoms with E-state index in [-0.39, 0.29) is 12.2 Å². The highest BCUT2D eigenvalue weighted by Crippen LogP contribution is 2.04. The van der Waals surface area contributed by atoms with Crippen LogP contribution in [0, 0.1) is 0 Å². The van der Waals surface area contributed by atoms with Crippen LogP contribution in [-0.2, 0) is 18.3 Å². The molecule has 0 atom stereocenters. The van der Waals surface area contributed by atoms with E-state index in [0.717, 1.165) is 0 Å². The number of nitrogens with zero attached hydrogens (tertiary/aromatic N) is 3. The first-order chi connectivity index (χ1) is 5.89. The molecule has 0 fully saturated rings. The van der Waals surface area contributed by atoms with Crippen molar-refractivity contribution in [2.24, 2.45) is 12.8 Å². The molecule has 2 N–H and O–H groups in total. The minimum atomic E-state index is -0.794. The van der Waals surface area contributed by atoms with E-state index in [4.69, 9.17) is 5.73 Å². The predicted molar refractivity (Wildman–Crippen MR) is 48.0 cm³/mol. The average Bonchev–Trinajstić information content (AvgIpc) is 2.33. The molecule has 0 saturated carbocycles. The molecule has 1 aromatic heterocycles. The van der Waals surface area contributed by atoms with E-state index in [2.05, 4.69) is 10.3 Å². The number of nitrogens with two attached hydrogens (primary N) is 1. The van der Waals surface area contributed by atoms with Crippen LogP contribution in [-0.4, -0.2) is 26.3 Å². The number of aromatic nitrogens is 3. The Balaban J connectivity index is 2.65. The van der Waals surface area contributed by atoms with E-state index in [9.17, 15) is 4.79 Å². The van der Waals surface area contributed by atoms with Gasteiger partial charge < -0.3 is 5.73 Å². The van der Waals surface area contributed by atoms with Gasteiger partial charge in [-0.25, -0.2) is 0 Å². The number of aryl methyl sites for hydroxylation is 1. The fraction of sp³-hybridized carbons (Fsp3) is 0.625. The SMILES string of the molecule is Cn1cc(CC(=O)C(C)(C)N)nn1. The van der Waals surface area contributed by atoms with Gasteiger partial charge in [0.2, 0.25) is 0 Å². The first-order valence-corrected chi connectivity index (χ1v) is 4.07. The molecule has 0 aliphatic heterocycles. The molecule has 5 nitrogen and oxygen atoms in total. The zero-order chi connectivity index (χ0) is 10.1. The number of hydrogen-bond donors (Lipinski definition) is 1. The van der Waals surface area contributed by atoms with Crippen molar-refractivity contribution in [2.45, 2.75) is 25.8 Å². The summed E-state index contributed by atoms with van der Waals surface area (Å²) >= 11 is 0. The van der Waals surface area contributed by atoms with Crippen molar-refractivity contribution in [3.63, 3.8) is 0 Å². The Labute approximate surface area is 76.9 Å². The molecule has 1 aromatic rings. The standard InChI is InChI=1S/C8H14N4O/c1-8(2,9)7(13)4-6-5-12(3)11-10-6/h5H,4,9H2,1-3H3. The van der Waals surface area contributed by atoms with Crippen molar-refractivity contribution < 1.29 is 4.79 Å². The molecule has 5 heteroatoms. The first-order valence-electron chi connectivity index (χ1n) is 4.07. The lowest BCUT2D eigenvalue weighted by Gasteiger charge is -2.15. The zero-order valence-corrected chi connectivity index (χ0v) is 8.11. The summed E-state index contributed by atoms with van der Waals surface area (Å²) in [5.74, 6) is -0.0343. The second-order valence-corrected chi connectivity index (χ2v) is 3.71. The fourth-order valence-electron chi connectivity index (χ4n) is 0.869. The van der Waals surface area contributed by atoms with E-state index < -0.39 is 5.54 Å². The monoisotopic (exact) mass is 182 g/mol. The molecule has 0 bridgehead atoms. The largest absolute Gasteiger partial charge is 0.319 e. The Bertz CT molecular complexity index is 310. The molecule has 0 aromatic carbocycles. The molecule has 0 amide bonds. The Hall–Kier alpha value is -1.23. The second-order valence-electron chi connectivity index (χ2n) is 3.71. The van der Waals surface area contributed by atoms with Gasteiger partial charge in [-0.05, 0) is 13.8 Å². The maximum Gasteiger partial charge on any atom is 0.158 e. The van der Waals surface area contributed by atoms with Crippen molar-refractivity contribution >= 4 is 5.78 Å². The van der Waals surface area contributed by atoms with Gasteiger partial charge in [-0.1, -0.05) is 5.21 Å². The molecule has 13 heavy (non-hydrogen) atoms. The minimum absolute atomic E-state index is 0.0343. The van der Waals surface area contributed by atoms with Gasteiger partial charge in [-0.15, -0.1) is 5.10 Å². The van der Waals surface area contributed by atoms with E-state index in [1.54, 1.807) is 31.8 Å². The van der Waals surface area contributed by atoms with Crippen molar-refractivity contribution in [1.82, 2.24) is 15.0 Å². The van der Waals surface area contributed by atoms with Crippen LogP contribution in [0.5, 0.6) is 0 Å². The molecule has 0 unspecified atom stereocenters. The molecule has 0 radical (unpaired) electrons. The van der Waals surface area contributed by atoms with Crippen molar-refractivity contribution in [2.75, 3.05) is 0 Å². The Morgan fingerprint density at radius 2 is 2.31 bits per heavy atom. The fourth-order valence-corrected chi connectivity index (χ4v) is 0.869. The molecule has 0 saturated heterocycles. The summed E-state index contributed by atoms with van der Waals surface area (Å²) in [4.78, 5) is 11.4. The van der Waals surface area contributed by atoms with Crippen LogP contribution < -0.4 is 5.73 Å². The maximum absolute atomic E-state index is 11.4. The van der Waals surface area contributed by atoms with Crippen LogP contribution in [0.3, 0.4) is 0 Å². The lowest BCUT2D eigenvalue weighted by atomic mass is 9.97. The highest BCUT2D eigenvalue weighted by Gasteiger charge is 2.22. The number of rotatable bonds is 3. The number of Topliss-reactive ketones (excluding diaryl/α,β-unsaturated/α-hetero) is 1. The summed E-state index contributed by atoms with van der Waals surface area (Å²) in [6, 6.07) is 0. The Morgan fingerprint density at radius 1 is 1.69 bits per heavy atom. The van der Waals surface area contributed by atoms with Gasteiger partial charge in [0.25, 0.3) is 0 Å². The summed E-state index contributed by atoms with van der Waals surface area (Å²) in [6.07, 6.45) is 1.96. The number of hydrogen-bond acceptors (Lipinski definition) is 4. The minimum Gasteiger partial charge on any atom is -0.319 e. The summed E-state index contributed by atoms with van der Waals surface area (Å²) in [5.41, 5.74) is 5.49. The van der Waals surface area contributed by atoms with Crippen LogP contribution in [0.1, 0.15) is 19.5 Å². The van der Waals surface area contributed by atoms with Gasteiger partial charge in [0, 0.05) is 13.2 Å². The summed E-state index contributed by atoms with van der Waals surface area (Å²) in [5, 5.41) is 7.53. The lowest BCUT2D eigenvalue weighted by molar-refractivity contribution is -0.122. The third-order valence-electron chi connectivity index (χ3n) is 1.71. The van der Waals surface area contributed by atoms with Crippen LogP contribution in [0.25, 0.3) is 0 Å². The van der Waals surface area contributed by atoms with Gasteiger partial charge in [-0.3, -0.25) is 9.48 Å². The summed E-state index contributed by atoms with van der Waals surface area (Å²) in [6.45, 7) is 3.37. The highest BCUT2D eigenvalue weighted by atomic mass is 16.1. The van der Waals surface area contributed by atoms with Gasteiger partial charge in [-0.2, -0.15) is 0 Å². The first kappa shape index (κ1) is 9.85. The van der Waals surface area contributed by atoms with Gasteiger partial charge in [0.15, 0.2) is 5.78 Å². The molecular weight excluding hydrogens is 168 g/mol. The molecule has 1 rings (SSSR count). The molecular formula is C8H14N4O. The number of carbonyl (C=O) groups excluding carboxylic acids is 1. The van der Waals surface area contributed by atoms with E-state index in [1.165, 1.54) is 0 Å². The van der Waals surface area contributed by atoms with Crippen LogP contribution in [0.15, 0.2) is 6.20 Å². The van der Waals surface area contributed by atoms with Crippen LogP contribution in [0.4, 0.5) is 0 Å². The zero-order valence-electron chi connectivity index (χ0n) is 8.11.